The first-order chi connectivity index (χ1) is 7.49. The standard InChI is InChI=1S/C13H23NO2/c1-10-8-14(6-7-16-10)9-11-4-5-13(2,3)12(11)15/h10-11H,4-9H2,1-3H3. The van der Waals surface area contributed by atoms with Crippen molar-refractivity contribution in [3.8, 4) is 0 Å². The van der Waals surface area contributed by atoms with Crippen LogP contribution in [0, 0.1) is 11.3 Å². The van der Waals surface area contributed by atoms with Crippen molar-refractivity contribution in [3.63, 3.8) is 0 Å². The summed E-state index contributed by atoms with van der Waals surface area (Å²) in [7, 11) is 0. The van der Waals surface area contributed by atoms with Gasteiger partial charge in [-0.2, -0.15) is 0 Å². The Morgan fingerprint density at radius 2 is 2.25 bits per heavy atom. The molecule has 3 nitrogen and oxygen atoms in total. The van der Waals surface area contributed by atoms with Crippen LogP contribution in [-0.4, -0.2) is 43.0 Å². The summed E-state index contributed by atoms with van der Waals surface area (Å²) >= 11 is 0. The fraction of sp³-hybridized carbons (Fsp3) is 0.923. The minimum Gasteiger partial charge on any atom is -0.376 e. The van der Waals surface area contributed by atoms with E-state index in [0.29, 0.717) is 11.9 Å². The molecule has 0 aromatic heterocycles. The van der Waals surface area contributed by atoms with Gasteiger partial charge in [-0.25, -0.2) is 0 Å². The van der Waals surface area contributed by atoms with Gasteiger partial charge in [-0.05, 0) is 19.8 Å². The van der Waals surface area contributed by atoms with Crippen LogP contribution in [0.3, 0.4) is 0 Å². The van der Waals surface area contributed by atoms with E-state index in [2.05, 4.69) is 25.7 Å². The smallest absolute Gasteiger partial charge is 0.142 e. The van der Waals surface area contributed by atoms with E-state index in [1.54, 1.807) is 0 Å². The largest absolute Gasteiger partial charge is 0.376 e. The minimum absolute atomic E-state index is 0.0808. The van der Waals surface area contributed by atoms with Gasteiger partial charge in [-0.1, -0.05) is 13.8 Å². The monoisotopic (exact) mass is 225 g/mol. The van der Waals surface area contributed by atoms with Crippen molar-refractivity contribution >= 4 is 5.78 Å². The highest BCUT2D eigenvalue weighted by molar-refractivity contribution is 5.88. The van der Waals surface area contributed by atoms with Crippen LogP contribution in [0.1, 0.15) is 33.6 Å². The van der Waals surface area contributed by atoms with E-state index in [0.717, 1.165) is 39.1 Å². The second kappa shape index (κ2) is 4.46. The van der Waals surface area contributed by atoms with Crippen molar-refractivity contribution in [1.82, 2.24) is 4.90 Å². The number of hydrogen-bond acceptors (Lipinski definition) is 3. The molecule has 16 heavy (non-hydrogen) atoms. The summed E-state index contributed by atoms with van der Waals surface area (Å²) in [5.41, 5.74) is -0.0808. The molecular formula is C13H23NO2. The lowest BCUT2D eigenvalue weighted by Crippen LogP contribution is -2.44. The van der Waals surface area contributed by atoms with E-state index in [9.17, 15) is 4.79 Å². The topological polar surface area (TPSA) is 29.5 Å². The van der Waals surface area contributed by atoms with Gasteiger partial charge in [0.2, 0.25) is 0 Å². The molecule has 0 spiro atoms. The number of rotatable bonds is 2. The van der Waals surface area contributed by atoms with Crippen LogP contribution in [0.4, 0.5) is 0 Å². The molecule has 0 bridgehead atoms. The Kier molecular flexibility index (Phi) is 3.36. The third kappa shape index (κ3) is 2.46. The maximum Gasteiger partial charge on any atom is 0.142 e. The third-order valence-corrected chi connectivity index (χ3v) is 3.96. The Balaban J connectivity index is 1.88. The van der Waals surface area contributed by atoms with Gasteiger partial charge in [0.25, 0.3) is 0 Å². The molecule has 0 aromatic carbocycles. The van der Waals surface area contributed by atoms with Crippen LogP contribution in [0.25, 0.3) is 0 Å². The fourth-order valence-corrected chi connectivity index (χ4v) is 2.88. The molecule has 92 valence electrons. The summed E-state index contributed by atoms with van der Waals surface area (Å²) in [5, 5.41) is 0. The maximum absolute atomic E-state index is 12.1. The molecule has 2 rings (SSSR count). The molecule has 2 fully saturated rings. The number of carbonyl (C=O) groups is 1. The van der Waals surface area contributed by atoms with E-state index in [4.69, 9.17) is 4.74 Å². The number of Topliss-reactive ketones (excluding diaryl/α,β-unsaturated/α-hetero) is 1. The van der Waals surface area contributed by atoms with Crippen molar-refractivity contribution in [3.05, 3.63) is 0 Å². The quantitative estimate of drug-likeness (QED) is 0.716. The number of hydrogen-bond donors (Lipinski definition) is 0. The molecule has 2 atom stereocenters. The molecule has 0 amide bonds. The molecule has 3 heteroatoms. The summed E-state index contributed by atoms with van der Waals surface area (Å²) in [5.74, 6) is 0.729. The van der Waals surface area contributed by atoms with Crippen LogP contribution in [0.2, 0.25) is 0 Å². The molecule has 1 aliphatic carbocycles. The highest BCUT2D eigenvalue weighted by atomic mass is 16.5. The predicted molar refractivity (Wildman–Crippen MR) is 63.4 cm³/mol. The third-order valence-electron chi connectivity index (χ3n) is 3.96. The number of nitrogens with zero attached hydrogens (tertiary/aromatic N) is 1. The zero-order valence-corrected chi connectivity index (χ0v) is 10.7. The van der Waals surface area contributed by atoms with E-state index >= 15 is 0 Å². The zero-order chi connectivity index (χ0) is 11.8. The molecule has 1 saturated carbocycles. The van der Waals surface area contributed by atoms with Crippen molar-refractivity contribution in [2.45, 2.75) is 39.7 Å². The Morgan fingerprint density at radius 3 is 2.81 bits per heavy atom. The van der Waals surface area contributed by atoms with Crippen LogP contribution in [0.5, 0.6) is 0 Å². The summed E-state index contributed by atoms with van der Waals surface area (Å²) in [4.78, 5) is 14.5. The van der Waals surface area contributed by atoms with E-state index in [1.807, 2.05) is 0 Å². The van der Waals surface area contributed by atoms with Crippen molar-refractivity contribution in [2.24, 2.45) is 11.3 Å². The molecule has 1 aliphatic heterocycles. The minimum atomic E-state index is -0.0808. The van der Waals surface area contributed by atoms with Gasteiger partial charge in [-0.15, -0.1) is 0 Å². The lowest BCUT2D eigenvalue weighted by atomic mass is 9.89. The summed E-state index contributed by atoms with van der Waals surface area (Å²) in [6.45, 7) is 9.97. The summed E-state index contributed by atoms with van der Waals surface area (Å²) in [6, 6.07) is 0. The Bertz CT molecular complexity index is 275. The Labute approximate surface area is 98.1 Å². The van der Waals surface area contributed by atoms with Crippen molar-refractivity contribution < 1.29 is 9.53 Å². The Morgan fingerprint density at radius 1 is 1.50 bits per heavy atom. The predicted octanol–water partition coefficient (Wildman–Crippen LogP) is 1.71. The first-order valence-electron chi connectivity index (χ1n) is 6.37. The van der Waals surface area contributed by atoms with Gasteiger partial charge in [-0.3, -0.25) is 9.69 Å². The second-order valence-electron chi connectivity index (χ2n) is 5.92. The molecule has 0 radical (unpaired) electrons. The first-order valence-corrected chi connectivity index (χ1v) is 6.37. The second-order valence-corrected chi connectivity index (χ2v) is 5.92. The lowest BCUT2D eigenvalue weighted by Gasteiger charge is -2.32. The van der Waals surface area contributed by atoms with Crippen LogP contribution in [-0.2, 0) is 9.53 Å². The maximum atomic E-state index is 12.1. The molecular weight excluding hydrogens is 202 g/mol. The van der Waals surface area contributed by atoms with E-state index < -0.39 is 0 Å². The first kappa shape index (κ1) is 12.1. The lowest BCUT2D eigenvalue weighted by molar-refractivity contribution is -0.128. The average Bonchev–Trinajstić information content (AvgIpc) is 2.45. The van der Waals surface area contributed by atoms with Gasteiger partial charge in [0.15, 0.2) is 0 Å². The normalized spacial score (nSPS) is 35.6. The number of ether oxygens (including phenoxy) is 1. The fourth-order valence-electron chi connectivity index (χ4n) is 2.88. The van der Waals surface area contributed by atoms with E-state index in [1.165, 1.54) is 0 Å². The van der Waals surface area contributed by atoms with E-state index in [-0.39, 0.29) is 11.3 Å². The Hall–Kier alpha value is -0.410. The molecule has 1 heterocycles. The van der Waals surface area contributed by atoms with Gasteiger partial charge in [0.1, 0.15) is 5.78 Å². The highest BCUT2D eigenvalue weighted by Gasteiger charge is 2.41. The number of morpholine rings is 1. The SMILES string of the molecule is CC1CN(CC2CCC(C)(C)C2=O)CCO1. The number of carbonyl (C=O) groups excluding carboxylic acids is 1. The summed E-state index contributed by atoms with van der Waals surface area (Å²) < 4.78 is 5.51. The van der Waals surface area contributed by atoms with Gasteiger partial charge >= 0.3 is 0 Å². The van der Waals surface area contributed by atoms with Gasteiger partial charge in [0.05, 0.1) is 12.7 Å². The molecule has 1 saturated heterocycles. The van der Waals surface area contributed by atoms with Gasteiger partial charge < -0.3 is 4.74 Å². The zero-order valence-electron chi connectivity index (χ0n) is 10.7. The highest BCUT2D eigenvalue weighted by Crippen LogP contribution is 2.37. The van der Waals surface area contributed by atoms with Crippen LogP contribution >= 0.6 is 0 Å². The van der Waals surface area contributed by atoms with Crippen LogP contribution < -0.4 is 0 Å². The summed E-state index contributed by atoms with van der Waals surface area (Å²) in [6.07, 6.45) is 2.44. The van der Waals surface area contributed by atoms with Gasteiger partial charge in [0, 0.05) is 31.0 Å². The molecule has 2 aliphatic rings. The van der Waals surface area contributed by atoms with Crippen molar-refractivity contribution in [1.29, 1.82) is 0 Å². The van der Waals surface area contributed by atoms with Crippen molar-refractivity contribution in [2.75, 3.05) is 26.2 Å². The molecule has 0 aromatic rings. The average molecular weight is 225 g/mol. The number of ketones is 1. The molecule has 0 N–H and O–H groups in total. The van der Waals surface area contributed by atoms with Crippen LogP contribution in [0.15, 0.2) is 0 Å². The molecule has 2 unspecified atom stereocenters.